The molecule has 2 saturated heterocycles. The fourth-order valence-corrected chi connectivity index (χ4v) is 13.1. The van der Waals surface area contributed by atoms with E-state index in [1.54, 1.807) is 40.2 Å². The zero-order chi connectivity index (χ0) is 56.5. The van der Waals surface area contributed by atoms with Gasteiger partial charge >= 0.3 is 5.69 Å². The topological polar surface area (TPSA) is 240 Å². The standard InChI is InChI=1S/C58H71FN10O10S/c1-7-78-56-51(27-45-46(59)33-62-52(45)64-56)79-49-25-39(12-13-44(49)54(70)65-80(74,75)41-26-47(69(72)73)53(61-32-41)60-30-37-14-16-57(4,71)17-15-37)67-20-18-58(19-21-67)28-40(29-58)68-23-22-66(34-38-24-50(76-5)55(77-6)63-31-38)35-48(68)43-11-9-8-10-42(43)36(2)3/h8-13,24-27,31-33,36-37,40,48,71H,7,14-23,28-30,34-35H2,1-6H3,(H,60,61)(H,62,64)(H,65,70)/t37?,48-,57?/m0/s1. The Morgan fingerprint density at radius 1 is 0.950 bits per heavy atom. The number of benzene rings is 2. The van der Waals surface area contributed by atoms with Gasteiger partial charge in [-0.25, -0.2) is 27.5 Å². The number of pyridine rings is 3. The van der Waals surface area contributed by atoms with Crippen molar-refractivity contribution in [1.82, 2.24) is 34.5 Å². The van der Waals surface area contributed by atoms with Gasteiger partial charge in [0.2, 0.25) is 5.82 Å². The van der Waals surface area contributed by atoms with E-state index in [9.17, 15) is 28.4 Å². The molecule has 20 nitrogen and oxygen atoms in total. The third kappa shape index (κ3) is 12.0. The number of anilines is 2. The number of carbonyl (C=O) groups excluding carboxylic acids is 1. The van der Waals surface area contributed by atoms with Crippen LogP contribution in [0.2, 0.25) is 0 Å². The van der Waals surface area contributed by atoms with Gasteiger partial charge in [-0.2, -0.15) is 4.98 Å². The number of fused-ring (bicyclic) bond motifs is 1. The normalized spacial score (nSPS) is 20.8. The molecular weight excluding hydrogens is 1050 g/mol. The van der Waals surface area contributed by atoms with Crippen LogP contribution in [0.5, 0.6) is 29.0 Å². The molecule has 4 aromatic heterocycles. The minimum Gasteiger partial charge on any atom is -0.491 e. The van der Waals surface area contributed by atoms with Crippen molar-refractivity contribution in [3.63, 3.8) is 0 Å². The van der Waals surface area contributed by atoms with Crippen LogP contribution in [0.15, 0.2) is 84.1 Å². The molecule has 0 radical (unpaired) electrons. The second kappa shape index (κ2) is 23.1. The van der Waals surface area contributed by atoms with Crippen molar-refractivity contribution < 1.29 is 46.6 Å². The summed E-state index contributed by atoms with van der Waals surface area (Å²) in [5.41, 5.74) is 3.34. The average Bonchev–Trinajstić information content (AvgIpc) is 3.88. The highest BCUT2D eigenvalue weighted by Crippen LogP contribution is 2.54. The van der Waals surface area contributed by atoms with Crippen LogP contribution in [0.4, 0.5) is 21.6 Å². The molecule has 1 atom stereocenters. The number of sulfonamides is 1. The zero-order valence-electron chi connectivity index (χ0n) is 46.2. The smallest absolute Gasteiger partial charge is 0.312 e. The number of aliphatic hydroxyl groups is 1. The number of halogens is 1. The molecule has 1 amide bonds. The van der Waals surface area contributed by atoms with Gasteiger partial charge in [-0.3, -0.25) is 24.7 Å². The number of aromatic amines is 1. The summed E-state index contributed by atoms with van der Waals surface area (Å²) in [7, 11) is -1.54. The first kappa shape index (κ1) is 56.1. The molecule has 2 aromatic carbocycles. The Bertz CT molecular complexity index is 3350. The van der Waals surface area contributed by atoms with Crippen LogP contribution in [0.1, 0.15) is 118 Å². The van der Waals surface area contributed by atoms with E-state index in [-0.39, 0.29) is 63.8 Å². The van der Waals surface area contributed by atoms with Crippen LogP contribution >= 0.6 is 0 Å². The average molecular weight is 1120 g/mol. The van der Waals surface area contributed by atoms with Gasteiger partial charge in [0.25, 0.3) is 27.7 Å². The number of nitrogens with one attached hydrogen (secondary N) is 3. The maximum Gasteiger partial charge on any atom is 0.312 e. The summed E-state index contributed by atoms with van der Waals surface area (Å²) in [5.74, 6) is -0.291. The SMILES string of the molecule is CCOc1nc2[nH]cc(F)c2cc1Oc1cc(N2CCC3(CC2)CC(N2CCN(Cc4cnc(OC)c(OC)c4)C[C@H]2c2ccccc2C(C)C)C3)ccc1C(=O)NS(=O)(=O)c1cnc(NCC2CCC(C)(O)CC2)c([N+](=O)[O-])c1. The molecule has 2 aliphatic carbocycles. The van der Waals surface area contributed by atoms with Crippen LogP contribution in [0.25, 0.3) is 11.0 Å². The number of ether oxygens (including phenoxy) is 4. The number of H-pyrrole nitrogens is 1. The predicted octanol–water partition coefficient (Wildman–Crippen LogP) is 9.51. The van der Waals surface area contributed by atoms with Gasteiger partial charge in [0.15, 0.2) is 11.5 Å². The van der Waals surface area contributed by atoms with Gasteiger partial charge in [-0.1, -0.05) is 38.1 Å². The highest BCUT2D eigenvalue weighted by atomic mass is 32.2. The molecule has 4 aliphatic rings. The number of nitrogens with zero attached hydrogens (tertiary/aromatic N) is 7. The summed E-state index contributed by atoms with van der Waals surface area (Å²) in [4.78, 5) is 48.5. The monoisotopic (exact) mass is 1120 g/mol. The molecule has 10 rings (SSSR count). The summed E-state index contributed by atoms with van der Waals surface area (Å²) >= 11 is 0. The highest BCUT2D eigenvalue weighted by Gasteiger charge is 2.50. The first-order valence-electron chi connectivity index (χ1n) is 27.5. The lowest BCUT2D eigenvalue weighted by Gasteiger charge is -2.58. The van der Waals surface area contributed by atoms with Crippen molar-refractivity contribution in [3.8, 4) is 29.0 Å². The molecule has 4 fully saturated rings. The molecule has 0 bridgehead atoms. The minimum absolute atomic E-state index is 0.0136. The number of piperazine rings is 1. The molecule has 2 saturated carbocycles. The maximum absolute atomic E-state index is 15.0. The van der Waals surface area contributed by atoms with E-state index in [0.29, 0.717) is 68.9 Å². The number of nitro groups is 1. The van der Waals surface area contributed by atoms with E-state index in [4.69, 9.17) is 18.9 Å². The molecule has 4 N–H and O–H groups in total. The molecule has 1 spiro atoms. The Morgan fingerprint density at radius 2 is 1.71 bits per heavy atom. The summed E-state index contributed by atoms with van der Waals surface area (Å²) in [5, 5.41) is 25.7. The van der Waals surface area contributed by atoms with Crippen LogP contribution in [0, 0.1) is 27.3 Å². The Balaban J connectivity index is 0.862. The summed E-state index contributed by atoms with van der Waals surface area (Å²) in [6.45, 7) is 13.4. The second-order valence-electron chi connectivity index (χ2n) is 22.5. The second-order valence-corrected chi connectivity index (χ2v) is 24.2. The minimum atomic E-state index is -4.76. The fraction of sp³-hybridized carbons (Fsp3) is 0.483. The van der Waals surface area contributed by atoms with Gasteiger partial charge in [0.1, 0.15) is 22.1 Å². The Morgan fingerprint density at radius 3 is 2.42 bits per heavy atom. The quantitative estimate of drug-likeness (QED) is 0.0436. The van der Waals surface area contributed by atoms with Gasteiger partial charge in [0, 0.05) is 94.2 Å². The van der Waals surface area contributed by atoms with Gasteiger partial charge in [-0.15, -0.1) is 0 Å². The molecule has 0 unspecified atom stereocenters. The van der Waals surface area contributed by atoms with Gasteiger partial charge in [0.05, 0.1) is 48.5 Å². The summed E-state index contributed by atoms with van der Waals surface area (Å²) < 4.78 is 68.2. The Labute approximate surface area is 465 Å². The van der Waals surface area contributed by atoms with E-state index in [1.165, 1.54) is 23.3 Å². The van der Waals surface area contributed by atoms with Crippen molar-refractivity contribution in [1.29, 1.82) is 0 Å². The molecule has 6 heterocycles. The molecule has 6 aromatic rings. The van der Waals surface area contributed by atoms with Crippen LogP contribution < -0.4 is 33.9 Å². The number of hydrogen-bond donors (Lipinski definition) is 4. The molecule has 22 heteroatoms. The van der Waals surface area contributed by atoms with Crippen LogP contribution in [-0.2, 0) is 16.6 Å². The third-order valence-corrected chi connectivity index (χ3v) is 18.0. The van der Waals surface area contributed by atoms with E-state index < -0.39 is 42.9 Å². The van der Waals surface area contributed by atoms with E-state index in [0.717, 1.165) is 81.6 Å². The maximum atomic E-state index is 15.0. The number of hydrogen-bond acceptors (Lipinski definition) is 17. The zero-order valence-corrected chi connectivity index (χ0v) is 47.0. The van der Waals surface area contributed by atoms with Crippen molar-refractivity contribution >= 4 is 44.2 Å². The van der Waals surface area contributed by atoms with Crippen molar-refractivity contribution in [2.45, 2.75) is 114 Å². The van der Waals surface area contributed by atoms with E-state index in [2.05, 4.69) is 82.8 Å². The number of piperidine rings is 1. The molecule has 426 valence electrons. The number of amides is 1. The van der Waals surface area contributed by atoms with Crippen molar-refractivity contribution in [3.05, 3.63) is 117 Å². The Kier molecular flexibility index (Phi) is 16.2. The molecular formula is C58H71FN10O10S. The Hall–Kier alpha value is -7.14. The van der Waals surface area contributed by atoms with E-state index >= 15 is 4.39 Å². The van der Waals surface area contributed by atoms with Gasteiger partial charge < -0.3 is 39.3 Å². The largest absolute Gasteiger partial charge is 0.491 e. The molecule has 2 aliphatic heterocycles. The third-order valence-electron chi connectivity index (χ3n) is 16.7. The number of carbonyl (C=O) groups is 1. The summed E-state index contributed by atoms with van der Waals surface area (Å²) in [6.07, 6.45) is 10.6. The number of methoxy groups -OCH3 is 2. The first-order chi connectivity index (χ1) is 38.3. The molecule has 80 heavy (non-hydrogen) atoms. The van der Waals surface area contributed by atoms with Crippen molar-refractivity contribution in [2.24, 2.45) is 11.3 Å². The summed E-state index contributed by atoms with van der Waals surface area (Å²) in [6, 6.07) is 18.6. The number of aromatic nitrogens is 4. The lowest BCUT2D eigenvalue weighted by Crippen LogP contribution is -2.60. The lowest BCUT2D eigenvalue weighted by molar-refractivity contribution is -0.384. The van der Waals surface area contributed by atoms with Crippen LogP contribution in [-0.4, -0.2) is 126 Å². The van der Waals surface area contributed by atoms with Gasteiger partial charge in [-0.05, 0) is 117 Å². The highest BCUT2D eigenvalue weighted by molar-refractivity contribution is 7.90. The number of rotatable bonds is 19. The van der Waals surface area contributed by atoms with E-state index in [1.807, 2.05) is 12.3 Å². The lowest BCUT2D eigenvalue weighted by atomic mass is 9.59. The predicted molar refractivity (Wildman–Crippen MR) is 300 cm³/mol. The van der Waals surface area contributed by atoms with Crippen LogP contribution in [0.3, 0.4) is 0 Å². The first-order valence-corrected chi connectivity index (χ1v) is 29.0. The fourth-order valence-electron chi connectivity index (χ4n) is 12.2. The van der Waals surface area contributed by atoms with Crippen molar-refractivity contribution in [2.75, 3.05) is 70.3 Å².